The molecular weight excluding hydrogens is 88.0 g/mol. The number of hydrogen-bond acceptors (Lipinski definition) is 1. The first-order valence-electron chi connectivity index (χ1n) is 0.850. The second-order valence-corrected chi connectivity index (χ2v) is 0.894. The van der Waals surface area contributed by atoms with Gasteiger partial charge in [-0.25, -0.2) is 0 Å². The molecule has 0 saturated carbocycles. The lowest BCUT2D eigenvalue weighted by Crippen LogP contribution is -1.26. The lowest BCUT2D eigenvalue weighted by molar-refractivity contribution is 2.04. The van der Waals surface area contributed by atoms with E-state index in [1.165, 1.54) is 0 Å². The monoisotopic (exact) mass is 93.0 g/mol. The minimum Gasteiger partial charge on any atom is -0.276 e. The molecule has 0 amide bonds. The van der Waals surface area contributed by atoms with Crippen LogP contribution in [0.25, 0.3) is 0 Å². The molecule has 1 nitrogen and oxygen atoms in total. The van der Waals surface area contributed by atoms with Crippen molar-refractivity contribution in [2.75, 3.05) is 0 Å². The quantitative estimate of drug-likeness (QED) is 0.308. The molecule has 2 atom stereocenters. The van der Waals surface area contributed by atoms with Crippen molar-refractivity contribution in [3.8, 4) is 0 Å². The van der Waals surface area contributed by atoms with Gasteiger partial charge in [0, 0.05) is 5.96 Å². The van der Waals surface area contributed by atoms with E-state index >= 15 is 0 Å². The molecule has 0 aliphatic rings. The van der Waals surface area contributed by atoms with Crippen molar-refractivity contribution in [3.63, 3.8) is 0 Å². The molecule has 0 radical (unpaired) electrons. The van der Waals surface area contributed by atoms with Crippen LogP contribution in [-0.4, -0.2) is 5.96 Å². The lowest BCUT2D eigenvalue weighted by Gasteiger charge is -1.53. The second kappa shape index (κ2) is 3.53. The Balaban J connectivity index is 2.55. The van der Waals surface area contributed by atoms with E-state index in [9.17, 15) is 0 Å². The summed E-state index contributed by atoms with van der Waals surface area (Å²) in [6, 6.07) is 0. The third-order valence-corrected chi connectivity index (χ3v) is 0.775. The Morgan fingerprint density at radius 2 is 2.00 bits per heavy atom. The van der Waals surface area contributed by atoms with Crippen LogP contribution in [0.15, 0.2) is 4.76 Å². The summed E-state index contributed by atoms with van der Waals surface area (Å²) in [6.07, 6.45) is 0. The molecule has 0 aliphatic heterocycles. The Hall–Kier alpha value is 0.530. The van der Waals surface area contributed by atoms with Crippen LogP contribution in [0.2, 0.25) is 0 Å². The van der Waals surface area contributed by atoms with Gasteiger partial charge in [0.25, 0.3) is 0 Å². The van der Waals surface area contributed by atoms with Gasteiger partial charge in [-0.2, -0.15) is 0 Å². The summed E-state index contributed by atoms with van der Waals surface area (Å²) in [4.78, 5) is 0. The molecule has 0 bridgehead atoms. The van der Waals surface area contributed by atoms with Crippen molar-refractivity contribution < 1.29 is 0 Å². The standard InChI is InChI=1S/CH5NP2/c3-1-2-4/h1H,3-4H2. The van der Waals surface area contributed by atoms with Crippen molar-refractivity contribution >= 4 is 24.6 Å². The fourth-order valence-electron chi connectivity index (χ4n) is 0. The van der Waals surface area contributed by atoms with Crippen LogP contribution in [0, 0.1) is 0 Å². The zero-order valence-corrected chi connectivity index (χ0v) is 4.49. The van der Waals surface area contributed by atoms with E-state index in [1.807, 2.05) is 0 Å². The SMILES string of the molecule is PC=NP. The Bertz CT molecular complexity index is 21.2. The van der Waals surface area contributed by atoms with Crippen molar-refractivity contribution in [1.82, 2.24) is 0 Å². The predicted octanol–water partition coefficient (Wildman–Crippen LogP) is 0.680. The summed E-state index contributed by atoms with van der Waals surface area (Å²) in [5.74, 6) is 1.63. The maximum atomic E-state index is 3.49. The van der Waals surface area contributed by atoms with Crippen LogP contribution in [0.4, 0.5) is 0 Å². The molecule has 0 aromatic carbocycles. The predicted molar refractivity (Wildman–Crippen MR) is 27.9 cm³/mol. The van der Waals surface area contributed by atoms with Gasteiger partial charge < -0.3 is 0 Å². The molecule has 0 rings (SSSR count). The molecule has 3 heteroatoms. The zero-order chi connectivity index (χ0) is 3.41. The number of hydrogen-bond donors (Lipinski definition) is 0. The Morgan fingerprint density at radius 1 is 1.75 bits per heavy atom. The Labute approximate surface area is 30.4 Å². The van der Waals surface area contributed by atoms with E-state index in [2.05, 4.69) is 23.4 Å². The third kappa shape index (κ3) is 2.53. The molecule has 0 aromatic heterocycles. The van der Waals surface area contributed by atoms with Crippen molar-refractivity contribution in [2.24, 2.45) is 4.76 Å². The summed E-state index contributed by atoms with van der Waals surface area (Å²) >= 11 is 0. The van der Waals surface area contributed by atoms with E-state index in [1.54, 1.807) is 5.96 Å². The molecule has 0 aliphatic carbocycles. The highest BCUT2D eigenvalue weighted by molar-refractivity contribution is 7.38. The first-order chi connectivity index (χ1) is 1.91. The summed E-state index contributed by atoms with van der Waals surface area (Å²) in [5, 5.41) is 0. The number of nitrogens with zero attached hydrogens (tertiary/aromatic N) is 1. The smallest absolute Gasteiger partial charge is 0.0195 e. The Morgan fingerprint density at radius 3 is 2.00 bits per heavy atom. The van der Waals surface area contributed by atoms with Gasteiger partial charge >= 0.3 is 0 Å². The minimum atomic E-state index is 1.63. The largest absolute Gasteiger partial charge is 0.276 e. The minimum absolute atomic E-state index is 1.63. The van der Waals surface area contributed by atoms with E-state index < -0.39 is 0 Å². The van der Waals surface area contributed by atoms with E-state index in [0.29, 0.717) is 0 Å². The maximum Gasteiger partial charge on any atom is 0.0195 e. The first kappa shape index (κ1) is 4.53. The molecule has 0 saturated heterocycles. The van der Waals surface area contributed by atoms with E-state index in [0.717, 1.165) is 0 Å². The van der Waals surface area contributed by atoms with Gasteiger partial charge in [-0.15, -0.1) is 0 Å². The summed E-state index contributed by atoms with van der Waals surface area (Å²) < 4.78 is 3.49. The molecule has 0 N–H and O–H groups in total. The third-order valence-electron chi connectivity index (χ3n) is 0.0861. The van der Waals surface area contributed by atoms with Crippen LogP contribution < -0.4 is 0 Å². The molecular formula is CH5NP2. The maximum absolute atomic E-state index is 3.49. The van der Waals surface area contributed by atoms with Gasteiger partial charge in [-0.1, -0.05) is 9.24 Å². The van der Waals surface area contributed by atoms with E-state index in [-0.39, 0.29) is 0 Å². The number of rotatable bonds is 0. The summed E-state index contributed by atoms with van der Waals surface area (Å²) in [5.41, 5.74) is 0. The van der Waals surface area contributed by atoms with Gasteiger partial charge in [-0.3, -0.25) is 4.76 Å². The molecule has 0 fully saturated rings. The molecule has 2 unspecified atom stereocenters. The summed E-state index contributed by atoms with van der Waals surface area (Å²) in [6.45, 7) is 0. The van der Waals surface area contributed by atoms with Crippen LogP contribution in [-0.2, 0) is 0 Å². The van der Waals surface area contributed by atoms with Crippen molar-refractivity contribution in [1.29, 1.82) is 0 Å². The van der Waals surface area contributed by atoms with Gasteiger partial charge in [0.05, 0.1) is 0 Å². The fourth-order valence-corrected chi connectivity index (χ4v) is 0. The van der Waals surface area contributed by atoms with Gasteiger partial charge in [-0.05, 0) is 9.39 Å². The van der Waals surface area contributed by atoms with Crippen LogP contribution in [0.3, 0.4) is 0 Å². The van der Waals surface area contributed by atoms with Crippen LogP contribution >= 0.6 is 18.6 Å². The average Bonchev–Trinajstić information content (AvgIpc) is 1.37. The Kier molecular flexibility index (Phi) is 4.00. The van der Waals surface area contributed by atoms with Gasteiger partial charge in [0.1, 0.15) is 0 Å². The van der Waals surface area contributed by atoms with Gasteiger partial charge in [0.15, 0.2) is 0 Å². The first-order valence-corrected chi connectivity index (χ1v) is 2.03. The molecule has 0 aromatic rings. The van der Waals surface area contributed by atoms with Crippen LogP contribution in [0.5, 0.6) is 0 Å². The molecule has 4 heavy (non-hydrogen) atoms. The van der Waals surface area contributed by atoms with E-state index in [4.69, 9.17) is 0 Å². The molecule has 0 spiro atoms. The summed E-state index contributed by atoms with van der Waals surface area (Å²) in [7, 11) is 4.55. The average molecular weight is 93.0 g/mol. The fraction of sp³-hybridized carbons (Fsp3) is 0. The van der Waals surface area contributed by atoms with Crippen molar-refractivity contribution in [3.05, 3.63) is 0 Å². The highest BCUT2D eigenvalue weighted by atomic mass is 31.0. The normalized spacial score (nSPS) is 9.50. The van der Waals surface area contributed by atoms with Crippen molar-refractivity contribution in [2.45, 2.75) is 0 Å². The van der Waals surface area contributed by atoms with Crippen LogP contribution in [0.1, 0.15) is 0 Å². The molecule has 24 valence electrons. The topological polar surface area (TPSA) is 12.4 Å². The highest BCUT2D eigenvalue weighted by Crippen LogP contribution is 1.78. The second-order valence-electron chi connectivity index (χ2n) is 0.298. The zero-order valence-electron chi connectivity index (χ0n) is 2.18. The lowest BCUT2D eigenvalue weighted by atomic mass is 11.7. The highest BCUT2D eigenvalue weighted by Gasteiger charge is 1.32. The van der Waals surface area contributed by atoms with Gasteiger partial charge in [0.2, 0.25) is 0 Å². The molecule has 0 heterocycles.